The number of pyridine rings is 1. The molecular formula is C14H18BrN3. The summed E-state index contributed by atoms with van der Waals surface area (Å²) in [5, 5.41) is 0. The fraction of sp³-hybridized carbons (Fsp3) is 0.500. The van der Waals surface area contributed by atoms with Crippen LogP contribution in [0.4, 0.5) is 0 Å². The van der Waals surface area contributed by atoms with Crippen LogP contribution >= 0.6 is 15.9 Å². The molecule has 1 fully saturated rings. The van der Waals surface area contributed by atoms with Crippen LogP contribution in [0.15, 0.2) is 29.0 Å². The maximum atomic E-state index is 4.54. The first-order valence-electron chi connectivity index (χ1n) is 6.67. The quantitative estimate of drug-likeness (QED) is 0.868. The van der Waals surface area contributed by atoms with Crippen molar-refractivity contribution >= 4 is 21.4 Å². The predicted octanol–water partition coefficient (Wildman–Crippen LogP) is 3.13. The second kappa shape index (κ2) is 5.41. The van der Waals surface area contributed by atoms with Crippen LogP contribution in [-0.2, 0) is 6.42 Å². The number of hydrogen-bond acceptors (Lipinski definition) is 2. The average molecular weight is 308 g/mol. The Morgan fingerprint density at radius 1 is 1.22 bits per heavy atom. The molecule has 0 amide bonds. The summed E-state index contributed by atoms with van der Waals surface area (Å²) >= 11 is 3.49. The number of likely N-dealkylation sites (tertiary alicyclic amines) is 1. The Morgan fingerprint density at radius 2 is 2.06 bits per heavy atom. The third kappa shape index (κ3) is 2.59. The van der Waals surface area contributed by atoms with Crippen molar-refractivity contribution in [2.24, 2.45) is 0 Å². The lowest BCUT2D eigenvalue weighted by molar-refractivity contribution is 0.230. The molecule has 0 saturated carbocycles. The van der Waals surface area contributed by atoms with Crippen molar-refractivity contribution in [2.75, 3.05) is 19.6 Å². The van der Waals surface area contributed by atoms with Crippen molar-refractivity contribution in [3.63, 3.8) is 0 Å². The molecule has 3 rings (SSSR count). The first-order valence-corrected chi connectivity index (χ1v) is 7.46. The molecule has 0 aliphatic carbocycles. The molecule has 4 heteroatoms. The van der Waals surface area contributed by atoms with Crippen molar-refractivity contribution in [1.82, 2.24) is 14.3 Å². The van der Waals surface area contributed by atoms with Crippen molar-refractivity contribution in [2.45, 2.75) is 25.7 Å². The van der Waals surface area contributed by atoms with Gasteiger partial charge < -0.3 is 9.30 Å². The summed E-state index contributed by atoms with van der Waals surface area (Å²) in [4.78, 5) is 7.10. The number of nitrogens with zero attached hydrogens (tertiary/aromatic N) is 3. The first kappa shape index (κ1) is 12.2. The average Bonchev–Trinajstić information content (AvgIpc) is 2.80. The third-order valence-corrected chi connectivity index (χ3v) is 4.16. The Kier molecular flexibility index (Phi) is 3.66. The van der Waals surface area contributed by atoms with Gasteiger partial charge in [0, 0.05) is 23.6 Å². The highest BCUT2D eigenvalue weighted by Gasteiger charge is 2.11. The second-order valence-corrected chi connectivity index (χ2v) is 5.88. The third-order valence-electron chi connectivity index (χ3n) is 3.67. The number of rotatable bonds is 3. The van der Waals surface area contributed by atoms with Gasteiger partial charge in [-0.15, -0.1) is 0 Å². The zero-order chi connectivity index (χ0) is 12.4. The zero-order valence-corrected chi connectivity index (χ0v) is 12.1. The van der Waals surface area contributed by atoms with Crippen LogP contribution in [0.1, 0.15) is 25.1 Å². The molecule has 1 aliphatic rings. The summed E-state index contributed by atoms with van der Waals surface area (Å²) in [5.74, 6) is 1.17. The maximum Gasteiger partial charge on any atom is 0.114 e. The summed E-state index contributed by atoms with van der Waals surface area (Å²) in [5.41, 5.74) is 1.16. The molecule has 0 bridgehead atoms. The van der Waals surface area contributed by atoms with Crippen LogP contribution in [-0.4, -0.2) is 33.9 Å². The van der Waals surface area contributed by atoms with Crippen molar-refractivity contribution < 1.29 is 0 Å². The Hall–Kier alpha value is -0.870. The molecule has 1 aliphatic heterocycles. The van der Waals surface area contributed by atoms with E-state index in [1.54, 1.807) is 0 Å². The zero-order valence-electron chi connectivity index (χ0n) is 10.5. The largest absolute Gasteiger partial charge is 0.304 e. The summed E-state index contributed by atoms with van der Waals surface area (Å²) in [7, 11) is 0. The normalized spacial score (nSPS) is 17.4. The van der Waals surface area contributed by atoms with Crippen LogP contribution in [0.2, 0.25) is 0 Å². The van der Waals surface area contributed by atoms with E-state index in [1.807, 2.05) is 6.20 Å². The Labute approximate surface area is 116 Å². The summed E-state index contributed by atoms with van der Waals surface area (Å²) in [6, 6.07) is 4.18. The first-order chi connectivity index (χ1) is 8.83. The Morgan fingerprint density at radius 3 is 2.89 bits per heavy atom. The molecule has 2 aromatic rings. The minimum Gasteiger partial charge on any atom is -0.304 e. The van der Waals surface area contributed by atoms with Crippen LogP contribution in [0, 0.1) is 0 Å². The van der Waals surface area contributed by atoms with Gasteiger partial charge in [0.1, 0.15) is 5.82 Å². The highest BCUT2D eigenvalue weighted by molar-refractivity contribution is 9.10. The minimum absolute atomic E-state index is 1.04. The number of fused-ring (bicyclic) bond motifs is 1. The fourth-order valence-electron chi connectivity index (χ4n) is 2.65. The molecule has 1 saturated heterocycles. The number of hydrogen-bond donors (Lipinski definition) is 0. The number of halogens is 1. The predicted molar refractivity (Wildman–Crippen MR) is 76.9 cm³/mol. The minimum atomic E-state index is 1.04. The van der Waals surface area contributed by atoms with Crippen molar-refractivity contribution in [3.05, 3.63) is 34.8 Å². The molecule has 0 radical (unpaired) electrons. The van der Waals surface area contributed by atoms with E-state index in [0.29, 0.717) is 0 Å². The highest BCUT2D eigenvalue weighted by atomic mass is 79.9. The number of aromatic nitrogens is 2. The van der Waals surface area contributed by atoms with Gasteiger partial charge in [-0.2, -0.15) is 0 Å². The highest BCUT2D eigenvalue weighted by Crippen LogP contribution is 2.15. The molecule has 0 aromatic carbocycles. The lowest BCUT2D eigenvalue weighted by Crippen LogP contribution is -2.31. The molecule has 3 heterocycles. The molecule has 0 N–H and O–H groups in total. The SMILES string of the molecule is Brc1ccn2c(CCN3CCCCC3)ncc2c1. The topological polar surface area (TPSA) is 20.5 Å². The maximum absolute atomic E-state index is 4.54. The molecule has 2 aromatic heterocycles. The van der Waals surface area contributed by atoms with E-state index in [-0.39, 0.29) is 0 Å². The summed E-state index contributed by atoms with van der Waals surface area (Å²) in [6.07, 6.45) is 9.20. The molecule has 0 atom stereocenters. The monoisotopic (exact) mass is 307 g/mol. The fourth-order valence-corrected chi connectivity index (χ4v) is 3.01. The van der Waals surface area contributed by atoms with E-state index >= 15 is 0 Å². The van der Waals surface area contributed by atoms with Gasteiger partial charge in [0.25, 0.3) is 0 Å². The molecule has 18 heavy (non-hydrogen) atoms. The van der Waals surface area contributed by atoms with Gasteiger partial charge in [-0.25, -0.2) is 4.98 Å². The number of piperidine rings is 1. The van der Waals surface area contributed by atoms with E-state index in [1.165, 1.54) is 38.2 Å². The van der Waals surface area contributed by atoms with Crippen LogP contribution in [0.5, 0.6) is 0 Å². The van der Waals surface area contributed by atoms with E-state index < -0.39 is 0 Å². The molecule has 0 spiro atoms. The number of imidazole rings is 1. The smallest absolute Gasteiger partial charge is 0.114 e. The van der Waals surface area contributed by atoms with Gasteiger partial charge in [-0.05, 0) is 38.1 Å². The van der Waals surface area contributed by atoms with Crippen LogP contribution < -0.4 is 0 Å². The molecule has 3 nitrogen and oxygen atoms in total. The second-order valence-electron chi connectivity index (χ2n) is 4.97. The van der Waals surface area contributed by atoms with Gasteiger partial charge >= 0.3 is 0 Å². The molecule has 0 unspecified atom stereocenters. The molecule has 96 valence electrons. The van der Waals surface area contributed by atoms with Gasteiger partial charge in [-0.1, -0.05) is 22.4 Å². The van der Waals surface area contributed by atoms with Crippen molar-refractivity contribution in [3.8, 4) is 0 Å². The van der Waals surface area contributed by atoms with Crippen molar-refractivity contribution in [1.29, 1.82) is 0 Å². The van der Waals surface area contributed by atoms with Gasteiger partial charge in [0.2, 0.25) is 0 Å². The van der Waals surface area contributed by atoms with E-state index in [9.17, 15) is 0 Å². The van der Waals surface area contributed by atoms with E-state index in [4.69, 9.17) is 0 Å². The lowest BCUT2D eigenvalue weighted by Gasteiger charge is -2.25. The van der Waals surface area contributed by atoms with Crippen LogP contribution in [0.25, 0.3) is 5.52 Å². The van der Waals surface area contributed by atoms with Gasteiger partial charge in [-0.3, -0.25) is 0 Å². The summed E-state index contributed by atoms with van der Waals surface area (Å²) in [6.45, 7) is 3.65. The van der Waals surface area contributed by atoms with Crippen LogP contribution in [0.3, 0.4) is 0 Å². The Balaban J connectivity index is 1.70. The standard InChI is InChI=1S/C14H18BrN3/c15-12-4-9-18-13(10-12)11-16-14(18)5-8-17-6-2-1-3-7-17/h4,9-11H,1-3,5-8H2. The van der Waals surface area contributed by atoms with Gasteiger partial charge in [0.15, 0.2) is 0 Å². The van der Waals surface area contributed by atoms with E-state index in [0.717, 1.165) is 23.0 Å². The summed E-state index contributed by atoms with van der Waals surface area (Å²) < 4.78 is 3.30. The Bertz CT molecular complexity index is 529. The van der Waals surface area contributed by atoms with E-state index in [2.05, 4.69) is 48.5 Å². The molecular weight excluding hydrogens is 290 g/mol. The van der Waals surface area contributed by atoms with Gasteiger partial charge in [0.05, 0.1) is 11.7 Å². The lowest BCUT2D eigenvalue weighted by atomic mass is 10.1.